The predicted octanol–water partition coefficient (Wildman–Crippen LogP) is 1.80. The second-order valence-electron chi connectivity index (χ2n) is 9.59. The van der Waals surface area contributed by atoms with Gasteiger partial charge in [0.15, 0.2) is 0 Å². The van der Waals surface area contributed by atoms with Gasteiger partial charge in [0.25, 0.3) is 5.56 Å². The van der Waals surface area contributed by atoms with Crippen molar-refractivity contribution in [1.29, 1.82) is 0 Å². The van der Waals surface area contributed by atoms with E-state index in [2.05, 4.69) is 11.0 Å². The number of likely N-dealkylation sites (tertiary alicyclic amines) is 2. The second kappa shape index (κ2) is 7.64. The van der Waals surface area contributed by atoms with Crippen molar-refractivity contribution in [2.75, 3.05) is 32.8 Å². The molecule has 0 unspecified atom stereocenters. The number of carbonyl (C=O) groups excluding carboxylic acids is 1. The molecule has 154 valence electrons. The Hall–Kier alpha value is -1.66. The van der Waals surface area contributed by atoms with Crippen molar-refractivity contribution in [2.24, 2.45) is 11.3 Å². The molecule has 2 atom stereocenters. The number of aromatic nitrogens is 1. The number of aliphatic hydroxyl groups excluding tert-OH is 1. The first-order valence-corrected chi connectivity index (χ1v) is 10.7. The molecule has 2 bridgehead atoms. The van der Waals surface area contributed by atoms with Crippen LogP contribution in [0, 0.1) is 11.3 Å². The van der Waals surface area contributed by atoms with E-state index in [1.165, 1.54) is 19.3 Å². The summed E-state index contributed by atoms with van der Waals surface area (Å²) < 4.78 is 1.98. The maximum Gasteiger partial charge on any atom is 0.255 e. The lowest BCUT2D eigenvalue weighted by Gasteiger charge is -2.44. The molecule has 2 fully saturated rings. The number of hydrogen-bond donors (Lipinski definition) is 1. The van der Waals surface area contributed by atoms with Gasteiger partial charge < -0.3 is 14.6 Å². The normalized spacial score (nSPS) is 25.5. The summed E-state index contributed by atoms with van der Waals surface area (Å²) in [7, 11) is 0. The Balaban J connectivity index is 1.55. The maximum absolute atomic E-state index is 13.2. The summed E-state index contributed by atoms with van der Waals surface area (Å²) in [4.78, 5) is 30.3. The third kappa shape index (κ3) is 3.64. The van der Waals surface area contributed by atoms with E-state index in [1.54, 1.807) is 13.8 Å². The van der Waals surface area contributed by atoms with Gasteiger partial charge in [-0.05, 0) is 58.2 Å². The number of pyridine rings is 1. The highest BCUT2D eigenvalue weighted by Crippen LogP contribution is 2.36. The molecule has 2 saturated heterocycles. The van der Waals surface area contributed by atoms with E-state index in [0.717, 1.165) is 37.3 Å². The Morgan fingerprint density at radius 2 is 1.89 bits per heavy atom. The molecule has 0 saturated carbocycles. The van der Waals surface area contributed by atoms with Crippen molar-refractivity contribution in [2.45, 2.75) is 58.5 Å². The van der Waals surface area contributed by atoms with Crippen molar-refractivity contribution in [3.05, 3.63) is 33.7 Å². The Labute approximate surface area is 167 Å². The van der Waals surface area contributed by atoms with Gasteiger partial charge in [0.1, 0.15) is 0 Å². The summed E-state index contributed by atoms with van der Waals surface area (Å²) >= 11 is 0. The van der Waals surface area contributed by atoms with E-state index in [-0.39, 0.29) is 24.0 Å². The van der Waals surface area contributed by atoms with Gasteiger partial charge in [-0.15, -0.1) is 0 Å². The van der Waals surface area contributed by atoms with E-state index in [4.69, 9.17) is 0 Å². The highest BCUT2D eigenvalue weighted by atomic mass is 16.3. The van der Waals surface area contributed by atoms with Crippen molar-refractivity contribution in [1.82, 2.24) is 14.4 Å². The average Bonchev–Trinajstić information content (AvgIpc) is 2.70. The van der Waals surface area contributed by atoms with Crippen molar-refractivity contribution >= 4 is 5.91 Å². The fourth-order valence-corrected chi connectivity index (χ4v) is 5.13. The zero-order chi connectivity index (χ0) is 19.9. The lowest BCUT2D eigenvalue weighted by atomic mass is 9.81. The van der Waals surface area contributed by atoms with E-state index in [9.17, 15) is 14.7 Å². The van der Waals surface area contributed by atoms with E-state index < -0.39 is 5.41 Å². The van der Waals surface area contributed by atoms with Crippen molar-refractivity contribution in [3.8, 4) is 0 Å². The van der Waals surface area contributed by atoms with Crippen LogP contribution in [0.3, 0.4) is 0 Å². The first-order valence-electron chi connectivity index (χ1n) is 10.7. The molecule has 6 heteroatoms. The zero-order valence-corrected chi connectivity index (χ0v) is 17.2. The van der Waals surface area contributed by atoms with Crippen LogP contribution in [0.4, 0.5) is 0 Å². The summed E-state index contributed by atoms with van der Waals surface area (Å²) in [6.07, 6.45) is 4.79. The largest absolute Gasteiger partial charge is 0.395 e. The molecular weight excluding hydrogens is 354 g/mol. The van der Waals surface area contributed by atoms with Gasteiger partial charge in [-0.3, -0.25) is 14.5 Å². The van der Waals surface area contributed by atoms with Gasteiger partial charge in [-0.25, -0.2) is 0 Å². The van der Waals surface area contributed by atoms with E-state index in [1.807, 2.05) is 15.5 Å². The predicted molar refractivity (Wildman–Crippen MR) is 108 cm³/mol. The zero-order valence-electron chi connectivity index (χ0n) is 17.2. The standard InChI is InChI=1S/C22H33N3O3/c1-22(2,15-26)21(28)24-11-16-10-18(14-24)19-7-6-17(20(27)25(19)12-16)13-23-8-4-3-5-9-23/h6-7,16,18,26H,3-5,8-15H2,1-2H3/t16-,18+/m0/s1. The number of carbonyl (C=O) groups is 1. The monoisotopic (exact) mass is 387 g/mol. The molecule has 28 heavy (non-hydrogen) atoms. The number of fused-ring (bicyclic) bond motifs is 4. The summed E-state index contributed by atoms with van der Waals surface area (Å²) in [5, 5.41) is 9.56. The van der Waals surface area contributed by atoms with Gasteiger partial charge in [-0.1, -0.05) is 12.5 Å². The fraction of sp³-hybridized carbons (Fsp3) is 0.727. The molecule has 1 N–H and O–H groups in total. The molecule has 4 rings (SSSR count). The Kier molecular flexibility index (Phi) is 5.36. The molecule has 0 aromatic carbocycles. The quantitative estimate of drug-likeness (QED) is 0.856. The van der Waals surface area contributed by atoms with Crippen LogP contribution in [0.5, 0.6) is 0 Å². The van der Waals surface area contributed by atoms with Gasteiger partial charge in [0, 0.05) is 43.4 Å². The van der Waals surface area contributed by atoms with Crippen LogP contribution >= 0.6 is 0 Å². The highest BCUT2D eigenvalue weighted by molar-refractivity contribution is 5.82. The number of piperidine rings is 2. The molecule has 4 heterocycles. The minimum atomic E-state index is -0.746. The summed E-state index contributed by atoms with van der Waals surface area (Å²) in [6, 6.07) is 4.13. The van der Waals surface area contributed by atoms with Gasteiger partial charge >= 0.3 is 0 Å². The fourth-order valence-electron chi connectivity index (χ4n) is 5.13. The summed E-state index contributed by atoms with van der Waals surface area (Å²) in [5.41, 5.74) is 1.39. The Bertz CT molecular complexity index is 795. The molecule has 0 radical (unpaired) electrons. The molecule has 0 spiro atoms. The third-order valence-electron chi connectivity index (χ3n) is 6.79. The van der Waals surface area contributed by atoms with Crippen LogP contribution in [0.15, 0.2) is 16.9 Å². The van der Waals surface area contributed by atoms with Gasteiger partial charge in [-0.2, -0.15) is 0 Å². The summed E-state index contributed by atoms with van der Waals surface area (Å²) in [5.74, 6) is 0.539. The molecule has 1 aromatic rings. The Morgan fingerprint density at radius 1 is 1.14 bits per heavy atom. The van der Waals surface area contributed by atoms with Crippen LogP contribution < -0.4 is 5.56 Å². The van der Waals surface area contributed by atoms with Gasteiger partial charge in [0.05, 0.1) is 12.0 Å². The second-order valence-corrected chi connectivity index (χ2v) is 9.59. The number of amides is 1. The highest BCUT2D eigenvalue weighted by Gasteiger charge is 2.40. The number of aliphatic hydroxyl groups is 1. The SMILES string of the molecule is CC(C)(CO)C(=O)N1C[C@@H]2C[C@H](C1)c1ccc(CN3CCCCC3)c(=O)n1C2. The summed E-state index contributed by atoms with van der Waals surface area (Å²) in [6.45, 7) is 8.40. The number of hydrogen-bond acceptors (Lipinski definition) is 4. The smallest absolute Gasteiger partial charge is 0.255 e. The Morgan fingerprint density at radius 3 is 2.61 bits per heavy atom. The van der Waals surface area contributed by atoms with Crippen LogP contribution in [0.25, 0.3) is 0 Å². The lowest BCUT2D eigenvalue weighted by molar-refractivity contribution is -0.145. The third-order valence-corrected chi connectivity index (χ3v) is 6.79. The van der Waals surface area contributed by atoms with E-state index in [0.29, 0.717) is 25.6 Å². The molecule has 0 aliphatic carbocycles. The van der Waals surface area contributed by atoms with E-state index >= 15 is 0 Å². The lowest BCUT2D eigenvalue weighted by Crippen LogP contribution is -2.53. The first-order chi connectivity index (χ1) is 13.4. The number of nitrogens with zero attached hydrogens (tertiary/aromatic N) is 3. The maximum atomic E-state index is 13.2. The van der Waals surface area contributed by atoms with Crippen LogP contribution in [-0.4, -0.2) is 58.2 Å². The van der Waals surface area contributed by atoms with Crippen LogP contribution in [0.1, 0.15) is 56.7 Å². The van der Waals surface area contributed by atoms with Gasteiger partial charge in [0.2, 0.25) is 5.91 Å². The molecular formula is C22H33N3O3. The van der Waals surface area contributed by atoms with Crippen LogP contribution in [-0.2, 0) is 17.9 Å². The molecule has 1 amide bonds. The average molecular weight is 388 g/mol. The number of rotatable bonds is 4. The van der Waals surface area contributed by atoms with Crippen molar-refractivity contribution in [3.63, 3.8) is 0 Å². The molecule has 6 nitrogen and oxygen atoms in total. The van der Waals surface area contributed by atoms with Crippen LogP contribution in [0.2, 0.25) is 0 Å². The topological polar surface area (TPSA) is 65.8 Å². The minimum absolute atomic E-state index is 0.0159. The first kappa shape index (κ1) is 19.6. The minimum Gasteiger partial charge on any atom is -0.395 e. The molecule has 3 aliphatic rings. The molecule has 1 aromatic heterocycles. The molecule has 3 aliphatic heterocycles. The van der Waals surface area contributed by atoms with Crippen molar-refractivity contribution < 1.29 is 9.90 Å².